The summed E-state index contributed by atoms with van der Waals surface area (Å²) in [6.07, 6.45) is -0.0644. The van der Waals surface area contributed by atoms with Gasteiger partial charge in [-0.2, -0.15) is 0 Å². The van der Waals surface area contributed by atoms with E-state index in [0.717, 1.165) is 0 Å². The highest BCUT2D eigenvalue weighted by molar-refractivity contribution is 6.39. The van der Waals surface area contributed by atoms with E-state index in [2.05, 4.69) is 4.99 Å². The number of aliphatic imine (C=N–C) groups is 1. The second-order valence-corrected chi connectivity index (χ2v) is 2.65. The normalized spacial score (nSPS) is 26.0. The summed E-state index contributed by atoms with van der Waals surface area (Å²) in [6, 6.07) is 0. The van der Waals surface area contributed by atoms with Crippen LogP contribution in [0.1, 0.15) is 0 Å². The van der Waals surface area contributed by atoms with Gasteiger partial charge in [0.15, 0.2) is 0 Å². The van der Waals surface area contributed by atoms with Gasteiger partial charge in [0.25, 0.3) is 0 Å². The van der Waals surface area contributed by atoms with E-state index in [-0.39, 0.29) is 10.2 Å². The largest absolute Gasteiger partial charge is 0.331 e. The van der Waals surface area contributed by atoms with Gasteiger partial charge < -0.3 is 4.90 Å². The zero-order valence-electron chi connectivity index (χ0n) is 5.18. The first-order valence-electron chi connectivity index (χ1n) is 2.58. The number of nitrogens with zero attached hydrogens (tertiary/aromatic N) is 2. The highest BCUT2D eigenvalue weighted by Gasteiger charge is 2.21. The standard InChI is InChI=1S/C5H5Cl2FN2/c1-10-2-9-4(7)3(6)5(10)8/h2,5H,1H3. The van der Waals surface area contributed by atoms with Crippen LogP contribution in [0, 0.1) is 0 Å². The Morgan fingerprint density at radius 2 is 2.30 bits per heavy atom. The molecule has 56 valence electrons. The lowest BCUT2D eigenvalue weighted by atomic mass is 10.5. The Hall–Kier alpha value is -0.280. The summed E-state index contributed by atoms with van der Waals surface area (Å²) in [5.41, 5.74) is 0. The van der Waals surface area contributed by atoms with E-state index >= 15 is 0 Å². The Kier molecular flexibility index (Phi) is 2.16. The van der Waals surface area contributed by atoms with Crippen LogP contribution in [0.4, 0.5) is 4.39 Å². The molecule has 0 N–H and O–H groups in total. The maximum Gasteiger partial charge on any atom is 0.212 e. The molecule has 1 heterocycles. The predicted octanol–water partition coefficient (Wildman–Crippen LogP) is 1.90. The van der Waals surface area contributed by atoms with Crippen molar-refractivity contribution in [2.24, 2.45) is 4.99 Å². The van der Waals surface area contributed by atoms with Crippen molar-refractivity contribution in [3.63, 3.8) is 0 Å². The molecule has 0 aromatic rings. The molecule has 1 unspecified atom stereocenters. The van der Waals surface area contributed by atoms with Gasteiger partial charge in [0.1, 0.15) is 10.2 Å². The van der Waals surface area contributed by atoms with Crippen molar-refractivity contribution in [1.29, 1.82) is 0 Å². The van der Waals surface area contributed by atoms with Crippen LogP contribution in [0.2, 0.25) is 0 Å². The molecule has 0 amide bonds. The molecule has 2 nitrogen and oxygen atoms in total. The summed E-state index contributed by atoms with van der Waals surface area (Å²) < 4.78 is 12.8. The van der Waals surface area contributed by atoms with Gasteiger partial charge in [0.2, 0.25) is 6.30 Å². The second-order valence-electron chi connectivity index (χ2n) is 1.88. The molecule has 1 atom stereocenters. The summed E-state index contributed by atoms with van der Waals surface area (Å²) >= 11 is 10.8. The minimum absolute atomic E-state index is 0.0206. The van der Waals surface area contributed by atoms with Gasteiger partial charge in [-0.3, -0.25) is 0 Å². The molecule has 0 saturated carbocycles. The van der Waals surface area contributed by atoms with Crippen LogP contribution in [0.5, 0.6) is 0 Å². The fraction of sp³-hybridized carbons (Fsp3) is 0.400. The zero-order valence-corrected chi connectivity index (χ0v) is 6.69. The maximum atomic E-state index is 12.8. The first kappa shape index (κ1) is 7.82. The Balaban J connectivity index is 2.88. The summed E-state index contributed by atoms with van der Waals surface area (Å²) in [4.78, 5) is 4.85. The Labute approximate surface area is 67.9 Å². The average Bonchev–Trinajstić information content (AvgIpc) is 1.93. The summed E-state index contributed by atoms with van der Waals surface area (Å²) in [5, 5.41) is -0.0427. The molecule has 5 heteroatoms. The van der Waals surface area contributed by atoms with Crippen molar-refractivity contribution >= 4 is 29.5 Å². The smallest absolute Gasteiger partial charge is 0.212 e. The highest BCUT2D eigenvalue weighted by atomic mass is 35.5. The molecule has 1 rings (SSSR count). The van der Waals surface area contributed by atoms with Crippen molar-refractivity contribution in [2.75, 3.05) is 7.05 Å². The lowest BCUT2D eigenvalue weighted by molar-refractivity contribution is 0.230. The molecule has 1 aliphatic heterocycles. The number of hydrogen-bond acceptors (Lipinski definition) is 2. The van der Waals surface area contributed by atoms with Gasteiger partial charge in [-0.1, -0.05) is 23.2 Å². The SMILES string of the molecule is CN1C=NC(Cl)=C(Cl)C1F. The first-order valence-corrected chi connectivity index (χ1v) is 3.34. The van der Waals surface area contributed by atoms with Crippen LogP contribution < -0.4 is 0 Å². The average molecular weight is 183 g/mol. The van der Waals surface area contributed by atoms with Crippen LogP contribution in [-0.2, 0) is 0 Å². The van der Waals surface area contributed by atoms with Crippen LogP contribution in [-0.4, -0.2) is 24.6 Å². The Bertz CT molecular complexity index is 202. The molecule has 10 heavy (non-hydrogen) atoms. The third-order valence-electron chi connectivity index (χ3n) is 1.12. The molecule has 0 aliphatic carbocycles. The highest BCUT2D eigenvalue weighted by Crippen LogP contribution is 2.25. The first-order chi connectivity index (χ1) is 4.63. The molecule has 0 fully saturated rings. The fourth-order valence-electron chi connectivity index (χ4n) is 0.539. The van der Waals surface area contributed by atoms with Crippen molar-refractivity contribution in [1.82, 2.24) is 4.90 Å². The number of halogens is 3. The Morgan fingerprint density at radius 1 is 1.70 bits per heavy atom. The van der Waals surface area contributed by atoms with Gasteiger partial charge in [0.05, 0.1) is 6.34 Å². The van der Waals surface area contributed by atoms with E-state index in [1.165, 1.54) is 18.3 Å². The van der Waals surface area contributed by atoms with E-state index < -0.39 is 6.30 Å². The van der Waals surface area contributed by atoms with Gasteiger partial charge in [0, 0.05) is 7.05 Å². The van der Waals surface area contributed by atoms with Crippen molar-refractivity contribution in [3.05, 3.63) is 10.2 Å². The van der Waals surface area contributed by atoms with Crippen molar-refractivity contribution in [2.45, 2.75) is 6.30 Å². The lowest BCUT2D eigenvalue weighted by Crippen LogP contribution is -2.29. The van der Waals surface area contributed by atoms with Gasteiger partial charge >= 0.3 is 0 Å². The van der Waals surface area contributed by atoms with Crippen molar-refractivity contribution in [3.8, 4) is 0 Å². The fourth-order valence-corrected chi connectivity index (χ4v) is 0.875. The summed E-state index contributed by atoms with van der Waals surface area (Å²) in [6.45, 7) is 0. The van der Waals surface area contributed by atoms with Gasteiger partial charge in [-0.15, -0.1) is 0 Å². The number of likely N-dealkylation sites (N-methyl/N-ethyl adjacent to an activating group) is 1. The third-order valence-corrected chi connectivity index (χ3v) is 1.87. The minimum Gasteiger partial charge on any atom is -0.331 e. The number of rotatable bonds is 0. The van der Waals surface area contributed by atoms with Crippen LogP contribution in [0.3, 0.4) is 0 Å². The quantitative estimate of drug-likeness (QED) is 0.523. The molecule has 1 aliphatic rings. The molecular weight excluding hydrogens is 178 g/mol. The monoisotopic (exact) mass is 182 g/mol. The predicted molar refractivity (Wildman–Crippen MR) is 39.9 cm³/mol. The summed E-state index contributed by atoms with van der Waals surface area (Å²) in [7, 11) is 1.53. The van der Waals surface area contributed by atoms with Gasteiger partial charge in [-0.25, -0.2) is 9.38 Å². The summed E-state index contributed by atoms with van der Waals surface area (Å²) in [5.74, 6) is 0. The van der Waals surface area contributed by atoms with E-state index in [9.17, 15) is 4.39 Å². The van der Waals surface area contributed by atoms with E-state index in [1.54, 1.807) is 0 Å². The van der Waals surface area contributed by atoms with Crippen LogP contribution in [0.15, 0.2) is 15.2 Å². The van der Waals surface area contributed by atoms with Crippen molar-refractivity contribution < 1.29 is 4.39 Å². The molecule has 0 aromatic heterocycles. The topological polar surface area (TPSA) is 15.6 Å². The van der Waals surface area contributed by atoms with Crippen LogP contribution >= 0.6 is 23.2 Å². The number of hydrogen-bond donors (Lipinski definition) is 0. The lowest BCUT2D eigenvalue weighted by Gasteiger charge is -2.21. The molecular formula is C5H5Cl2FN2. The molecule has 0 aromatic carbocycles. The molecule has 0 radical (unpaired) electrons. The Morgan fingerprint density at radius 3 is 2.80 bits per heavy atom. The minimum atomic E-state index is -1.35. The molecule has 0 bridgehead atoms. The molecule has 0 spiro atoms. The number of alkyl halides is 1. The van der Waals surface area contributed by atoms with E-state index in [4.69, 9.17) is 23.2 Å². The van der Waals surface area contributed by atoms with E-state index in [0.29, 0.717) is 0 Å². The third kappa shape index (κ3) is 1.25. The maximum absolute atomic E-state index is 12.8. The molecule has 0 saturated heterocycles. The second kappa shape index (κ2) is 2.76. The zero-order chi connectivity index (χ0) is 7.72. The van der Waals surface area contributed by atoms with Crippen LogP contribution in [0.25, 0.3) is 0 Å². The van der Waals surface area contributed by atoms with E-state index in [1.807, 2.05) is 0 Å². The van der Waals surface area contributed by atoms with Gasteiger partial charge in [-0.05, 0) is 0 Å².